The molecule has 2 heterocycles. The molecular formula is C14H16N4OS. The second-order valence-corrected chi connectivity index (χ2v) is 5.69. The van der Waals surface area contributed by atoms with Gasteiger partial charge in [-0.05, 0) is 0 Å². The van der Waals surface area contributed by atoms with Crippen LogP contribution in [0.1, 0.15) is 0 Å². The molecular weight excluding hydrogens is 272 g/mol. The number of carbonyl (C=O) groups is 1. The average Bonchev–Trinajstić information content (AvgIpc) is 3.10. The Labute approximate surface area is 121 Å². The second-order valence-electron chi connectivity index (χ2n) is 4.66. The van der Waals surface area contributed by atoms with Crippen LogP contribution in [0, 0.1) is 0 Å². The summed E-state index contributed by atoms with van der Waals surface area (Å²) in [5, 5.41) is 10.4. The summed E-state index contributed by atoms with van der Waals surface area (Å²) in [6.07, 6.45) is 1.70. The highest BCUT2D eigenvalue weighted by Crippen LogP contribution is 2.27. The predicted molar refractivity (Wildman–Crippen MR) is 81.5 cm³/mol. The van der Waals surface area contributed by atoms with Gasteiger partial charge in [-0.15, -0.1) is 11.8 Å². The van der Waals surface area contributed by atoms with Crippen LogP contribution < -0.4 is 10.6 Å². The molecule has 2 aromatic rings. The minimum absolute atomic E-state index is 0.000168. The molecule has 0 saturated carbocycles. The molecule has 1 atom stereocenters. The number of aromatic nitrogens is 2. The van der Waals surface area contributed by atoms with Crippen LogP contribution in [-0.4, -0.2) is 33.4 Å². The van der Waals surface area contributed by atoms with Gasteiger partial charge in [0.2, 0.25) is 5.91 Å². The van der Waals surface area contributed by atoms with Crippen LogP contribution in [0.25, 0.3) is 11.3 Å². The molecule has 1 aliphatic rings. The van der Waals surface area contributed by atoms with E-state index in [4.69, 9.17) is 0 Å². The minimum atomic E-state index is -0.121. The Morgan fingerprint density at radius 3 is 2.95 bits per heavy atom. The number of nitrogens with one attached hydrogen (secondary N) is 2. The monoisotopic (exact) mass is 288 g/mol. The maximum absolute atomic E-state index is 12.2. The third-order valence-electron chi connectivity index (χ3n) is 3.28. The summed E-state index contributed by atoms with van der Waals surface area (Å²) in [6.45, 7) is 0. The molecule has 3 rings (SSSR count). The zero-order valence-corrected chi connectivity index (χ0v) is 12.0. The van der Waals surface area contributed by atoms with Crippen molar-refractivity contribution < 1.29 is 4.79 Å². The number of nitrogens with zero attached hydrogens (tertiary/aromatic N) is 2. The van der Waals surface area contributed by atoms with E-state index < -0.39 is 0 Å². The second kappa shape index (κ2) is 5.68. The number of hydrogen-bond donors (Lipinski definition) is 2. The first-order chi connectivity index (χ1) is 9.75. The molecule has 1 aromatic carbocycles. The summed E-state index contributed by atoms with van der Waals surface area (Å²) in [4.78, 5) is 12.2. The SMILES string of the molecule is Cn1ncc(NC(=O)C2CSCN2)c1-c1ccccc1. The maximum atomic E-state index is 12.2. The highest BCUT2D eigenvalue weighted by atomic mass is 32.2. The lowest BCUT2D eigenvalue weighted by Gasteiger charge is -2.11. The van der Waals surface area contributed by atoms with E-state index in [-0.39, 0.29) is 11.9 Å². The molecule has 1 amide bonds. The number of hydrogen-bond acceptors (Lipinski definition) is 4. The first kappa shape index (κ1) is 13.2. The third kappa shape index (κ3) is 2.57. The van der Waals surface area contributed by atoms with Crippen molar-refractivity contribution in [3.8, 4) is 11.3 Å². The zero-order valence-electron chi connectivity index (χ0n) is 11.2. The van der Waals surface area contributed by atoms with Gasteiger partial charge in [-0.3, -0.25) is 14.8 Å². The van der Waals surface area contributed by atoms with Crippen molar-refractivity contribution >= 4 is 23.4 Å². The summed E-state index contributed by atoms with van der Waals surface area (Å²) >= 11 is 1.73. The Morgan fingerprint density at radius 1 is 1.45 bits per heavy atom. The molecule has 0 radical (unpaired) electrons. The smallest absolute Gasteiger partial charge is 0.242 e. The summed E-state index contributed by atoms with van der Waals surface area (Å²) in [5.74, 6) is 1.64. The van der Waals surface area contributed by atoms with E-state index in [1.807, 2.05) is 37.4 Å². The van der Waals surface area contributed by atoms with Crippen LogP contribution in [0.3, 0.4) is 0 Å². The van der Waals surface area contributed by atoms with Crippen LogP contribution in [0.4, 0.5) is 5.69 Å². The molecule has 0 bridgehead atoms. The molecule has 1 aliphatic heterocycles. The Balaban J connectivity index is 1.85. The number of thioether (sulfide) groups is 1. The molecule has 5 nitrogen and oxygen atoms in total. The fourth-order valence-corrected chi connectivity index (χ4v) is 3.19. The minimum Gasteiger partial charge on any atom is -0.321 e. The number of rotatable bonds is 3. The Bertz CT molecular complexity index is 605. The van der Waals surface area contributed by atoms with E-state index >= 15 is 0 Å². The first-order valence-corrected chi connectivity index (χ1v) is 7.60. The van der Waals surface area contributed by atoms with Gasteiger partial charge < -0.3 is 5.32 Å². The van der Waals surface area contributed by atoms with Gasteiger partial charge in [0.25, 0.3) is 0 Å². The molecule has 20 heavy (non-hydrogen) atoms. The van der Waals surface area contributed by atoms with E-state index in [9.17, 15) is 4.79 Å². The van der Waals surface area contributed by atoms with Crippen molar-refractivity contribution in [3.63, 3.8) is 0 Å². The van der Waals surface area contributed by atoms with Gasteiger partial charge in [-0.1, -0.05) is 30.3 Å². The number of amides is 1. The molecule has 104 valence electrons. The standard InChI is InChI=1S/C14H16N4OS/c1-18-13(10-5-3-2-4-6-10)11(7-16-18)17-14(19)12-8-20-9-15-12/h2-7,12,15H,8-9H2,1H3,(H,17,19). The van der Waals surface area contributed by atoms with Crippen molar-refractivity contribution in [2.24, 2.45) is 7.05 Å². The van der Waals surface area contributed by atoms with Gasteiger partial charge in [0, 0.05) is 24.2 Å². The maximum Gasteiger partial charge on any atom is 0.242 e. The number of anilines is 1. The number of carbonyl (C=O) groups excluding carboxylic acids is 1. The van der Waals surface area contributed by atoms with Gasteiger partial charge in [-0.2, -0.15) is 5.10 Å². The fraction of sp³-hybridized carbons (Fsp3) is 0.286. The van der Waals surface area contributed by atoms with Crippen LogP contribution in [-0.2, 0) is 11.8 Å². The van der Waals surface area contributed by atoms with E-state index in [0.29, 0.717) is 0 Å². The van der Waals surface area contributed by atoms with Gasteiger partial charge >= 0.3 is 0 Å². The van der Waals surface area contributed by atoms with Gasteiger partial charge in [-0.25, -0.2) is 0 Å². The van der Waals surface area contributed by atoms with Crippen molar-refractivity contribution in [2.45, 2.75) is 6.04 Å². The topological polar surface area (TPSA) is 59.0 Å². The molecule has 1 aromatic heterocycles. The van der Waals surface area contributed by atoms with E-state index in [1.54, 1.807) is 22.6 Å². The lowest BCUT2D eigenvalue weighted by Crippen LogP contribution is -2.37. The normalized spacial score (nSPS) is 18.1. The van der Waals surface area contributed by atoms with Gasteiger partial charge in [0.15, 0.2) is 0 Å². The molecule has 0 aliphatic carbocycles. The van der Waals surface area contributed by atoms with E-state index in [2.05, 4.69) is 15.7 Å². The van der Waals surface area contributed by atoms with Crippen LogP contribution >= 0.6 is 11.8 Å². The van der Waals surface area contributed by atoms with Gasteiger partial charge in [0.1, 0.15) is 0 Å². The molecule has 0 spiro atoms. The molecule has 2 N–H and O–H groups in total. The molecule has 6 heteroatoms. The molecule has 1 fully saturated rings. The fourth-order valence-electron chi connectivity index (χ4n) is 2.25. The largest absolute Gasteiger partial charge is 0.321 e. The van der Waals surface area contributed by atoms with Gasteiger partial charge in [0.05, 0.1) is 23.6 Å². The summed E-state index contributed by atoms with van der Waals surface area (Å²) in [5.41, 5.74) is 2.71. The third-order valence-corrected chi connectivity index (χ3v) is 4.22. The summed E-state index contributed by atoms with van der Waals surface area (Å²) in [6, 6.07) is 9.82. The number of benzene rings is 1. The van der Waals surface area contributed by atoms with Crippen molar-refractivity contribution in [1.82, 2.24) is 15.1 Å². The summed E-state index contributed by atoms with van der Waals surface area (Å²) < 4.78 is 1.78. The van der Waals surface area contributed by atoms with Crippen molar-refractivity contribution in [1.29, 1.82) is 0 Å². The van der Waals surface area contributed by atoms with E-state index in [0.717, 1.165) is 28.6 Å². The zero-order chi connectivity index (χ0) is 13.9. The lowest BCUT2D eigenvalue weighted by atomic mass is 10.1. The van der Waals surface area contributed by atoms with Crippen LogP contribution in [0.15, 0.2) is 36.5 Å². The van der Waals surface area contributed by atoms with Crippen LogP contribution in [0.5, 0.6) is 0 Å². The summed E-state index contributed by atoms with van der Waals surface area (Å²) in [7, 11) is 1.88. The van der Waals surface area contributed by atoms with Crippen LogP contribution in [0.2, 0.25) is 0 Å². The quantitative estimate of drug-likeness (QED) is 0.902. The Kier molecular flexibility index (Phi) is 3.75. The lowest BCUT2D eigenvalue weighted by molar-refractivity contribution is -0.117. The Hall–Kier alpha value is -1.79. The van der Waals surface area contributed by atoms with E-state index in [1.165, 1.54) is 0 Å². The average molecular weight is 288 g/mol. The van der Waals surface area contributed by atoms with Crippen molar-refractivity contribution in [3.05, 3.63) is 36.5 Å². The molecule has 1 unspecified atom stereocenters. The predicted octanol–water partition coefficient (Wildman–Crippen LogP) is 1.69. The van der Waals surface area contributed by atoms with Crippen molar-refractivity contribution in [2.75, 3.05) is 16.9 Å². The highest BCUT2D eigenvalue weighted by Gasteiger charge is 2.24. The molecule has 1 saturated heterocycles. The Morgan fingerprint density at radius 2 is 2.25 bits per heavy atom. The first-order valence-electron chi connectivity index (χ1n) is 6.45. The highest BCUT2D eigenvalue weighted by molar-refractivity contribution is 7.99. The number of aryl methyl sites for hydroxylation is 1.